The van der Waals surface area contributed by atoms with Crippen LogP contribution in [0.2, 0.25) is 0 Å². The second kappa shape index (κ2) is 10.5. The van der Waals surface area contributed by atoms with Crippen LogP contribution in [-0.2, 0) is 11.8 Å². The number of H-pyrrole nitrogens is 1. The molecule has 4 heterocycles. The minimum absolute atomic E-state index is 0.0381. The van der Waals surface area contributed by atoms with E-state index in [-0.39, 0.29) is 35.1 Å². The zero-order chi connectivity index (χ0) is 28.8. The van der Waals surface area contributed by atoms with Gasteiger partial charge in [-0.15, -0.1) is 0 Å². The number of nitrogens with one attached hydrogen (secondary N) is 2. The standard InChI is InChI=1S/C30H33N5O6/c1-17-12-19(14-24-27(17)33(2)30(39)41-24)28(37)20-15-25(32-26(36)16-20)34-9-7-21(8-10-34)35-11-6-18-13-22(40-3)4-5-23(18)31-29(35)38/h4-5,12,14-16,21-22H,6-11,13H2,1-3H3,(H,31,38)(H,32,36). The van der Waals surface area contributed by atoms with E-state index in [4.69, 9.17) is 9.15 Å². The quantitative estimate of drug-likeness (QED) is 0.460. The third kappa shape index (κ3) is 5.01. The number of methoxy groups -OCH3 is 1. The number of oxazole rings is 1. The van der Waals surface area contributed by atoms with Crippen molar-refractivity contribution >= 4 is 28.7 Å². The molecule has 1 aromatic carbocycles. The number of ether oxygens (including phenoxy) is 1. The highest BCUT2D eigenvalue weighted by Gasteiger charge is 2.32. The number of rotatable bonds is 5. The maximum absolute atomic E-state index is 13.4. The second-order valence-corrected chi connectivity index (χ2v) is 11.0. The molecular weight excluding hydrogens is 526 g/mol. The average Bonchev–Trinajstić information content (AvgIpc) is 3.15. The van der Waals surface area contributed by atoms with Gasteiger partial charge in [-0.25, -0.2) is 9.59 Å². The highest BCUT2D eigenvalue weighted by Crippen LogP contribution is 2.29. The predicted molar refractivity (Wildman–Crippen MR) is 153 cm³/mol. The van der Waals surface area contributed by atoms with Gasteiger partial charge in [-0.1, -0.05) is 6.08 Å². The van der Waals surface area contributed by atoms with Crippen molar-refractivity contribution in [2.24, 2.45) is 7.05 Å². The van der Waals surface area contributed by atoms with Gasteiger partial charge in [-0.05, 0) is 61.6 Å². The third-order valence-corrected chi connectivity index (χ3v) is 8.44. The summed E-state index contributed by atoms with van der Waals surface area (Å²) < 4.78 is 12.2. The fourth-order valence-electron chi connectivity index (χ4n) is 6.22. The predicted octanol–water partition coefficient (Wildman–Crippen LogP) is 2.97. The van der Waals surface area contributed by atoms with E-state index in [1.54, 1.807) is 32.4 Å². The van der Waals surface area contributed by atoms with Gasteiger partial charge in [0.05, 0.1) is 11.6 Å². The molecule has 0 bridgehead atoms. The SMILES string of the molecule is COC1C=CC2=C(CCN(C3CCN(c4cc(C(=O)c5cc(C)c6c(c5)oc(=O)n6C)cc(=O)[nH]4)CC3)C(=O)N2)C1. The number of amides is 2. The molecule has 1 aliphatic carbocycles. The number of aryl methyl sites for hydroxylation is 2. The summed E-state index contributed by atoms with van der Waals surface area (Å²) in [7, 11) is 3.31. The Morgan fingerprint density at radius 3 is 2.56 bits per heavy atom. The Bertz CT molecular complexity index is 1720. The Kier molecular flexibility index (Phi) is 6.90. The van der Waals surface area contributed by atoms with Crippen molar-refractivity contribution in [1.82, 2.24) is 19.8 Å². The minimum atomic E-state index is -0.500. The Labute approximate surface area is 236 Å². The molecule has 1 saturated heterocycles. The molecule has 0 radical (unpaired) electrons. The van der Waals surface area contributed by atoms with E-state index < -0.39 is 5.76 Å². The first-order chi connectivity index (χ1) is 19.7. The molecule has 41 heavy (non-hydrogen) atoms. The summed E-state index contributed by atoms with van der Waals surface area (Å²) in [6, 6.07) is 6.22. The number of ketones is 1. The van der Waals surface area contributed by atoms with Gasteiger partial charge in [0.25, 0.3) is 0 Å². The maximum Gasteiger partial charge on any atom is 0.419 e. The van der Waals surface area contributed by atoms with Gasteiger partial charge in [-0.2, -0.15) is 0 Å². The lowest BCUT2D eigenvalue weighted by atomic mass is 9.97. The van der Waals surface area contributed by atoms with E-state index in [2.05, 4.69) is 10.3 Å². The summed E-state index contributed by atoms with van der Waals surface area (Å²) in [6.45, 7) is 3.71. The van der Waals surface area contributed by atoms with Crippen molar-refractivity contribution in [1.29, 1.82) is 0 Å². The van der Waals surface area contributed by atoms with Crippen LogP contribution in [0.15, 0.2) is 61.7 Å². The number of nitrogens with zero attached hydrogens (tertiary/aromatic N) is 3. The van der Waals surface area contributed by atoms with Crippen LogP contribution in [0.5, 0.6) is 0 Å². The van der Waals surface area contributed by atoms with Crippen molar-refractivity contribution in [3.63, 3.8) is 0 Å². The molecule has 214 valence electrons. The monoisotopic (exact) mass is 559 g/mol. The first-order valence-electron chi connectivity index (χ1n) is 13.9. The molecular formula is C30H33N5O6. The molecule has 1 fully saturated rings. The van der Waals surface area contributed by atoms with E-state index in [1.807, 2.05) is 28.9 Å². The van der Waals surface area contributed by atoms with E-state index in [0.717, 1.165) is 36.9 Å². The van der Waals surface area contributed by atoms with Crippen molar-refractivity contribution in [2.75, 3.05) is 31.6 Å². The highest BCUT2D eigenvalue weighted by atomic mass is 16.5. The minimum Gasteiger partial charge on any atom is -0.408 e. The number of hydrogen-bond acceptors (Lipinski definition) is 7. The number of fused-ring (bicyclic) bond motifs is 1. The lowest BCUT2D eigenvalue weighted by Gasteiger charge is -2.38. The van der Waals surface area contributed by atoms with Crippen molar-refractivity contribution in [3.8, 4) is 0 Å². The number of benzene rings is 1. The summed E-state index contributed by atoms with van der Waals surface area (Å²) in [5, 5.41) is 3.08. The van der Waals surface area contributed by atoms with E-state index in [0.29, 0.717) is 42.1 Å². The van der Waals surface area contributed by atoms with Gasteiger partial charge in [-0.3, -0.25) is 14.2 Å². The molecule has 0 saturated carbocycles. The van der Waals surface area contributed by atoms with Crippen molar-refractivity contribution in [2.45, 2.75) is 44.8 Å². The van der Waals surface area contributed by atoms with E-state index >= 15 is 0 Å². The topological polar surface area (TPSA) is 130 Å². The van der Waals surface area contributed by atoms with E-state index in [9.17, 15) is 19.2 Å². The number of carbonyl (C=O) groups is 2. The maximum atomic E-state index is 13.4. The number of urea groups is 1. The normalized spacial score (nSPS) is 19.9. The Morgan fingerprint density at radius 1 is 1.05 bits per heavy atom. The number of pyridine rings is 1. The molecule has 1 atom stereocenters. The Hall–Kier alpha value is -4.38. The number of aromatic amines is 1. The summed E-state index contributed by atoms with van der Waals surface area (Å²) in [6.07, 6.45) is 7.01. The van der Waals surface area contributed by atoms with Crippen LogP contribution >= 0.6 is 0 Å². The molecule has 6 rings (SSSR count). The van der Waals surface area contributed by atoms with Crippen molar-refractivity contribution < 1.29 is 18.7 Å². The molecule has 2 aliphatic heterocycles. The lowest BCUT2D eigenvalue weighted by Crippen LogP contribution is -2.50. The number of anilines is 1. The average molecular weight is 560 g/mol. The van der Waals surface area contributed by atoms with Crippen LogP contribution in [0.4, 0.5) is 10.6 Å². The molecule has 11 nitrogen and oxygen atoms in total. The zero-order valence-electron chi connectivity index (χ0n) is 23.4. The molecule has 2 aromatic heterocycles. The fraction of sp³-hybridized carbons (Fsp3) is 0.400. The van der Waals surface area contributed by atoms with Crippen LogP contribution in [0.1, 0.15) is 47.2 Å². The van der Waals surface area contributed by atoms with Crippen LogP contribution in [-0.4, -0.2) is 65.2 Å². The summed E-state index contributed by atoms with van der Waals surface area (Å²) in [5.74, 6) is -0.262. The summed E-state index contributed by atoms with van der Waals surface area (Å²) >= 11 is 0. The van der Waals surface area contributed by atoms with Gasteiger partial charge in [0, 0.05) is 69.1 Å². The fourth-order valence-corrected chi connectivity index (χ4v) is 6.22. The van der Waals surface area contributed by atoms with Crippen LogP contribution in [0, 0.1) is 6.92 Å². The third-order valence-electron chi connectivity index (χ3n) is 8.44. The summed E-state index contributed by atoms with van der Waals surface area (Å²) in [5.41, 5.74) is 4.00. The van der Waals surface area contributed by atoms with Gasteiger partial charge in [0.15, 0.2) is 11.4 Å². The van der Waals surface area contributed by atoms with Gasteiger partial charge in [0.2, 0.25) is 5.56 Å². The number of aromatic nitrogens is 2. The first-order valence-corrected chi connectivity index (χ1v) is 13.9. The number of carbonyl (C=O) groups excluding carboxylic acids is 2. The molecule has 2 amide bonds. The molecule has 11 heteroatoms. The molecule has 3 aliphatic rings. The molecule has 3 aromatic rings. The van der Waals surface area contributed by atoms with Gasteiger partial charge in [0.1, 0.15) is 5.82 Å². The summed E-state index contributed by atoms with van der Waals surface area (Å²) in [4.78, 5) is 57.9. The van der Waals surface area contributed by atoms with Crippen LogP contribution < -0.4 is 21.5 Å². The molecule has 2 N–H and O–H groups in total. The highest BCUT2D eigenvalue weighted by molar-refractivity contribution is 6.10. The zero-order valence-corrected chi connectivity index (χ0v) is 23.4. The first kappa shape index (κ1) is 26.8. The lowest BCUT2D eigenvalue weighted by molar-refractivity contribution is 0.103. The van der Waals surface area contributed by atoms with Crippen molar-refractivity contribution in [3.05, 3.63) is 85.3 Å². The Morgan fingerprint density at radius 2 is 1.80 bits per heavy atom. The van der Waals surface area contributed by atoms with E-state index in [1.165, 1.54) is 16.2 Å². The number of allylic oxidation sites excluding steroid dienone is 1. The molecule has 1 unspecified atom stereocenters. The molecule has 0 spiro atoms. The Balaban J connectivity index is 1.16. The number of hydrogen-bond donors (Lipinski definition) is 2. The van der Waals surface area contributed by atoms with Gasteiger partial charge >= 0.3 is 11.8 Å². The number of piperidine rings is 1. The second-order valence-electron chi connectivity index (χ2n) is 11.0. The van der Waals surface area contributed by atoms with Gasteiger partial charge < -0.3 is 29.3 Å². The van der Waals surface area contributed by atoms with Crippen LogP contribution in [0.25, 0.3) is 11.1 Å². The largest absolute Gasteiger partial charge is 0.419 e. The van der Waals surface area contributed by atoms with Crippen LogP contribution in [0.3, 0.4) is 0 Å². The smallest absolute Gasteiger partial charge is 0.408 e.